The maximum Gasteiger partial charge on any atom is 0.332 e. The van der Waals surface area contributed by atoms with Gasteiger partial charge in [0.25, 0.3) is 5.56 Å². The Labute approximate surface area is 159 Å². The molecule has 0 N–H and O–H groups in total. The predicted molar refractivity (Wildman–Crippen MR) is 103 cm³/mol. The van der Waals surface area contributed by atoms with Crippen molar-refractivity contribution in [3.05, 3.63) is 49.1 Å². The van der Waals surface area contributed by atoms with Crippen LogP contribution in [-0.2, 0) is 31.9 Å². The molecule has 0 fully saturated rings. The van der Waals surface area contributed by atoms with E-state index in [1.807, 2.05) is 4.90 Å². The zero-order chi connectivity index (χ0) is 19.3. The Morgan fingerprint density at radius 2 is 2.07 bits per heavy atom. The number of aromatic nitrogens is 4. The molecular formula is C18H21N5O3S. The van der Waals surface area contributed by atoms with Crippen LogP contribution >= 0.6 is 11.3 Å². The Hall–Kier alpha value is -2.68. The molecular weight excluding hydrogens is 366 g/mol. The first kappa shape index (κ1) is 17.7. The van der Waals surface area contributed by atoms with Crippen LogP contribution in [0.25, 0.3) is 11.2 Å². The summed E-state index contributed by atoms with van der Waals surface area (Å²) in [4.78, 5) is 45.1. The molecule has 0 saturated heterocycles. The molecule has 0 saturated carbocycles. The summed E-state index contributed by atoms with van der Waals surface area (Å²) in [6.07, 6.45) is 3.16. The standard InChI is InChI=1S/C18H21N5O3S/c1-4-12-11-6-8-27-13(11)5-7-23(12)14(24)9-22-10-19-16-15(22)17(25)21(3)18(26)20(16)2/h6,8,10,12H,4-5,7,9H2,1-3H3/t12-/m1/s1. The van der Waals surface area contributed by atoms with E-state index < -0.39 is 11.2 Å². The van der Waals surface area contributed by atoms with Gasteiger partial charge in [-0.2, -0.15) is 0 Å². The van der Waals surface area contributed by atoms with Gasteiger partial charge < -0.3 is 9.47 Å². The lowest BCUT2D eigenvalue weighted by molar-refractivity contribution is -0.134. The summed E-state index contributed by atoms with van der Waals surface area (Å²) < 4.78 is 3.92. The van der Waals surface area contributed by atoms with Gasteiger partial charge in [0, 0.05) is 25.5 Å². The lowest BCUT2D eigenvalue weighted by atomic mass is 9.98. The number of carbonyl (C=O) groups excluding carboxylic acids is 1. The Kier molecular flexibility index (Phi) is 4.26. The van der Waals surface area contributed by atoms with Crippen LogP contribution in [0.4, 0.5) is 0 Å². The van der Waals surface area contributed by atoms with Crippen molar-refractivity contribution in [2.75, 3.05) is 6.54 Å². The fourth-order valence-electron chi connectivity index (χ4n) is 3.89. The average molecular weight is 387 g/mol. The van der Waals surface area contributed by atoms with Gasteiger partial charge in [0.05, 0.1) is 12.4 Å². The summed E-state index contributed by atoms with van der Waals surface area (Å²) in [6, 6.07) is 2.17. The molecule has 1 amide bonds. The Balaban J connectivity index is 1.70. The van der Waals surface area contributed by atoms with E-state index in [9.17, 15) is 14.4 Å². The van der Waals surface area contributed by atoms with Gasteiger partial charge in [-0.25, -0.2) is 9.78 Å². The quantitative estimate of drug-likeness (QED) is 0.672. The Bertz CT molecular complexity index is 1150. The fourth-order valence-corrected chi connectivity index (χ4v) is 4.82. The van der Waals surface area contributed by atoms with Crippen LogP contribution in [0.3, 0.4) is 0 Å². The third kappa shape index (κ3) is 2.64. The van der Waals surface area contributed by atoms with Gasteiger partial charge in [-0.15, -0.1) is 11.3 Å². The van der Waals surface area contributed by atoms with Gasteiger partial charge in [0.2, 0.25) is 5.91 Å². The van der Waals surface area contributed by atoms with Crippen LogP contribution in [-0.4, -0.2) is 36.0 Å². The monoisotopic (exact) mass is 387 g/mol. The summed E-state index contributed by atoms with van der Waals surface area (Å²) in [5, 5.41) is 2.08. The number of amides is 1. The van der Waals surface area contributed by atoms with Gasteiger partial charge in [-0.3, -0.25) is 18.7 Å². The van der Waals surface area contributed by atoms with Crippen molar-refractivity contribution in [3.8, 4) is 0 Å². The van der Waals surface area contributed by atoms with Crippen molar-refractivity contribution in [2.24, 2.45) is 14.1 Å². The van der Waals surface area contributed by atoms with E-state index in [1.54, 1.807) is 23.0 Å². The first-order valence-corrected chi connectivity index (χ1v) is 9.78. The van der Waals surface area contributed by atoms with E-state index in [2.05, 4.69) is 23.4 Å². The van der Waals surface area contributed by atoms with Gasteiger partial charge in [0.15, 0.2) is 11.2 Å². The van der Waals surface area contributed by atoms with Crippen LogP contribution in [0.15, 0.2) is 27.4 Å². The summed E-state index contributed by atoms with van der Waals surface area (Å²) in [5.74, 6) is -0.0473. The van der Waals surface area contributed by atoms with E-state index in [0.717, 1.165) is 17.4 Å². The van der Waals surface area contributed by atoms with Gasteiger partial charge in [-0.1, -0.05) is 6.92 Å². The van der Waals surface area contributed by atoms with Gasteiger partial charge >= 0.3 is 5.69 Å². The highest BCUT2D eigenvalue weighted by Gasteiger charge is 2.30. The summed E-state index contributed by atoms with van der Waals surface area (Å²) in [7, 11) is 3.00. The number of hydrogen-bond donors (Lipinski definition) is 0. The lowest BCUT2D eigenvalue weighted by Crippen LogP contribution is -2.41. The molecule has 3 aromatic rings. The van der Waals surface area contributed by atoms with Crippen LogP contribution in [0, 0.1) is 0 Å². The predicted octanol–water partition coefficient (Wildman–Crippen LogP) is 1.03. The van der Waals surface area contributed by atoms with Crippen molar-refractivity contribution in [3.63, 3.8) is 0 Å². The maximum atomic E-state index is 13.1. The number of thiophene rings is 1. The molecule has 3 aromatic heterocycles. The molecule has 142 valence electrons. The number of aryl methyl sites for hydroxylation is 1. The molecule has 27 heavy (non-hydrogen) atoms. The molecule has 9 heteroatoms. The topological polar surface area (TPSA) is 82.1 Å². The van der Waals surface area contributed by atoms with Crippen molar-refractivity contribution >= 4 is 28.4 Å². The van der Waals surface area contributed by atoms with Crippen LogP contribution in [0.2, 0.25) is 0 Å². The average Bonchev–Trinajstić information content (AvgIpc) is 3.30. The first-order chi connectivity index (χ1) is 12.9. The number of nitrogens with zero attached hydrogens (tertiary/aromatic N) is 5. The number of fused-ring (bicyclic) bond motifs is 2. The second-order valence-corrected chi connectivity index (χ2v) is 7.81. The molecule has 8 nitrogen and oxygen atoms in total. The van der Waals surface area contributed by atoms with E-state index in [4.69, 9.17) is 0 Å². The number of imidazole rings is 1. The Morgan fingerprint density at radius 3 is 2.81 bits per heavy atom. The SMILES string of the molecule is CC[C@@H]1c2ccsc2CCN1C(=O)Cn1cnc2c1c(=O)n(C)c(=O)n2C. The van der Waals surface area contributed by atoms with Crippen molar-refractivity contribution in [2.45, 2.75) is 32.4 Å². The third-order valence-electron chi connectivity index (χ3n) is 5.32. The molecule has 0 aliphatic carbocycles. The lowest BCUT2D eigenvalue weighted by Gasteiger charge is -2.35. The van der Waals surface area contributed by atoms with Crippen molar-refractivity contribution in [1.29, 1.82) is 0 Å². The summed E-state index contributed by atoms with van der Waals surface area (Å²) >= 11 is 1.74. The highest BCUT2D eigenvalue weighted by Crippen LogP contribution is 2.35. The van der Waals surface area contributed by atoms with Crippen molar-refractivity contribution in [1.82, 2.24) is 23.6 Å². The van der Waals surface area contributed by atoms with Crippen molar-refractivity contribution < 1.29 is 4.79 Å². The molecule has 4 rings (SSSR count). The zero-order valence-corrected chi connectivity index (χ0v) is 16.3. The smallest absolute Gasteiger partial charge is 0.332 e. The van der Waals surface area contributed by atoms with E-state index >= 15 is 0 Å². The second-order valence-electron chi connectivity index (χ2n) is 6.81. The zero-order valence-electron chi connectivity index (χ0n) is 15.5. The first-order valence-electron chi connectivity index (χ1n) is 8.90. The fraction of sp³-hybridized carbons (Fsp3) is 0.444. The second kappa shape index (κ2) is 6.49. The third-order valence-corrected chi connectivity index (χ3v) is 6.32. The van der Waals surface area contributed by atoms with Gasteiger partial charge in [0.1, 0.15) is 6.54 Å². The summed E-state index contributed by atoms with van der Waals surface area (Å²) in [5.41, 5.74) is 0.923. The molecule has 0 radical (unpaired) electrons. The highest BCUT2D eigenvalue weighted by atomic mass is 32.1. The van der Waals surface area contributed by atoms with E-state index in [-0.39, 0.29) is 24.0 Å². The largest absolute Gasteiger partial charge is 0.334 e. The van der Waals surface area contributed by atoms with Crippen LogP contribution in [0.1, 0.15) is 29.8 Å². The minimum Gasteiger partial charge on any atom is -0.334 e. The molecule has 1 atom stereocenters. The van der Waals surface area contributed by atoms with Crippen LogP contribution in [0.5, 0.6) is 0 Å². The molecule has 1 aliphatic rings. The highest BCUT2D eigenvalue weighted by molar-refractivity contribution is 7.10. The van der Waals surface area contributed by atoms with E-state index in [1.165, 1.54) is 28.4 Å². The minimum absolute atomic E-state index is 0.0277. The molecule has 0 bridgehead atoms. The maximum absolute atomic E-state index is 13.1. The van der Waals surface area contributed by atoms with Crippen LogP contribution < -0.4 is 11.2 Å². The number of hydrogen-bond acceptors (Lipinski definition) is 5. The molecule has 0 spiro atoms. The normalized spacial score (nSPS) is 16.7. The van der Waals surface area contributed by atoms with Gasteiger partial charge in [-0.05, 0) is 29.9 Å². The Morgan fingerprint density at radius 1 is 1.30 bits per heavy atom. The molecule has 0 unspecified atom stereocenters. The molecule has 1 aliphatic heterocycles. The van der Waals surface area contributed by atoms with E-state index in [0.29, 0.717) is 12.2 Å². The number of carbonyl (C=O) groups is 1. The molecule has 0 aromatic carbocycles. The molecule has 4 heterocycles. The number of rotatable bonds is 3. The minimum atomic E-state index is -0.441. The summed E-state index contributed by atoms with van der Waals surface area (Å²) in [6.45, 7) is 2.78.